The SMILES string of the molecule is Cc1ccc(C(=O)OC(C)C(=O)Nc2ccc([N+](=O)[O-])cc2C#N)cc1O. The first-order valence-corrected chi connectivity index (χ1v) is 7.73. The van der Waals surface area contributed by atoms with E-state index >= 15 is 0 Å². The maximum atomic E-state index is 12.2. The van der Waals surface area contributed by atoms with Gasteiger partial charge in [0.25, 0.3) is 11.6 Å². The number of phenolic OH excluding ortho intramolecular Hbond substituents is 1. The van der Waals surface area contributed by atoms with Crippen LogP contribution in [-0.4, -0.2) is 28.0 Å². The normalized spacial score (nSPS) is 11.1. The molecule has 1 unspecified atom stereocenters. The lowest BCUT2D eigenvalue weighted by molar-refractivity contribution is -0.384. The number of nitrogens with one attached hydrogen (secondary N) is 1. The predicted octanol–water partition coefficient (Wildman–Crippen LogP) is 2.66. The summed E-state index contributed by atoms with van der Waals surface area (Å²) >= 11 is 0. The molecule has 0 heterocycles. The van der Waals surface area contributed by atoms with Gasteiger partial charge in [-0.25, -0.2) is 4.79 Å². The third-order valence-corrected chi connectivity index (χ3v) is 3.69. The van der Waals surface area contributed by atoms with Gasteiger partial charge in [0, 0.05) is 12.1 Å². The monoisotopic (exact) mass is 369 g/mol. The Balaban J connectivity index is 2.09. The Morgan fingerprint density at radius 2 is 2.00 bits per heavy atom. The number of hydrogen-bond donors (Lipinski definition) is 2. The molecular weight excluding hydrogens is 354 g/mol. The van der Waals surface area contributed by atoms with E-state index in [0.29, 0.717) is 5.56 Å². The van der Waals surface area contributed by atoms with Crippen molar-refractivity contribution in [2.24, 2.45) is 0 Å². The zero-order chi connectivity index (χ0) is 20.1. The average molecular weight is 369 g/mol. The number of nitriles is 1. The van der Waals surface area contributed by atoms with Gasteiger partial charge in [0.05, 0.1) is 21.7 Å². The fraction of sp³-hybridized carbons (Fsp3) is 0.167. The Labute approximate surface area is 154 Å². The van der Waals surface area contributed by atoms with Crippen LogP contribution in [0, 0.1) is 28.4 Å². The molecule has 1 atom stereocenters. The minimum atomic E-state index is -1.21. The van der Waals surface area contributed by atoms with Crippen LogP contribution < -0.4 is 5.32 Å². The van der Waals surface area contributed by atoms with E-state index in [9.17, 15) is 24.8 Å². The average Bonchev–Trinajstić information content (AvgIpc) is 2.63. The molecule has 0 radical (unpaired) electrons. The van der Waals surface area contributed by atoms with E-state index in [-0.39, 0.29) is 28.3 Å². The van der Waals surface area contributed by atoms with Crippen LogP contribution >= 0.6 is 0 Å². The molecule has 2 rings (SSSR count). The topological polar surface area (TPSA) is 143 Å². The number of nitrogens with zero attached hydrogens (tertiary/aromatic N) is 2. The summed E-state index contributed by atoms with van der Waals surface area (Å²) in [5.41, 5.74) is 0.331. The van der Waals surface area contributed by atoms with Crippen LogP contribution in [0.25, 0.3) is 0 Å². The van der Waals surface area contributed by atoms with Crippen molar-refractivity contribution in [3.8, 4) is 11.8 Å². The van der Waals surface area contributed by atoms with Gasteiger partial charge in [-0.05, 0) is 37.6 Å². The van der Waals surface area contributed by atoms with Gasteiger partial charge in [-0.2, -0.15) is 5.26 Å². The van der Waals surface area contributed by atoms with Crippen molar-refractivity contribution in [1.82, 2.24) is 0 Å². The van der Waals surface area contributed by atoms with Gasteiger partial charge in [0.15, 0.2) is 6.10 Å². The Hall–Kier alpha value is -3.93. The van der Waals surface area contributed by atoms with Crippen LogP contribution in [0.15, 0.2) is 36.4 Å². The Bertz CT molecular complexity index is 964. The quantitative estimate of drug-likeness (QED) is 0.468. The van der Waals surface area contributed by atoms with Gasteiger partial charge in [0.2, 0.25) is 0 Å². The molecule has 9 heteroatoms. The number of carbonyl (C=O) groups excluding carboxylic acids is 2. The number of non-ortho nitro benzene ring substituents is 1. The highest BCUT2D eigenvalue weighted by atomic mass is 16.6. The van der Waals surface area contributed by atoms with Crippen molar-refractivity contribution < 1.29 is 24.4 Å². The smallest absolute Gasteiger partial charge is 0.339 e. The van der Waals surface area contributed by atoms with Gasteiger partial charge in [0.1, 0.15) is 11.8 Å². The standard InChI is InChI=1S/C18H15N3O6/c1-10-3-4-12(8-16(10)22)18(24)27-11(2)17(23)20-15-6-5-14(21(25)26)7-13(15)9-19/h3-8,11,22H,1-2H3,(H,20,23). The second-order valence-electron chi connectivity index (χ2n) is 5.64. The maximum absolute atomic E-state index is 12.2. The minimum Gasteiger partial charge on any atom is -0.508 e. The second kappa shape index (κ2) is 7.97. The summed E-state index contributed by atoms with van der Waals surface area (Å²) in [5.74, 6) is -1.60. The molecule has 27 heavy (non-hydrogen) atoms. The molecule has 0 saturated heterocycles. The minimum absolute atomic E-state index is 0.0592. The number of nitro benzene ring substituents is 1. The van der Waals surface area contributed by atoms with Crippen molar-refractivity contribution in [1.29, 1.82) is 5.26 Å². The van der Waals surface area contributed by atoms with Crippen LogP contribution in [0.3, 0.4) is 0 Å². The first-order chi connectivity index (χ1) is 12.7. The van der Waals surface area contributed by atoms with E-state index in [2.05, 4.69) is 5.32 Å². The van der Waals surface area contributed by atoms with Crippen LogP contribution in [0.4, 0.5) is 11.4 Å². The Morgan fingerprint density at radius 1 is 1.30 bits per heavy atom. The summed E-state index contributed by atoms with van der Waals surface area (Å²) < 4.78 is 5.05. The second-order valence-corrected chi connectivity index (χ2v) is 5.64. The number of phenols is 1. The molecule has 0 spiro atoms. The van der Waals surface area contributed by atoms with E-state index in [0.717, 1.165) is 12.1 Å². The number of esters is 1. The summed E-state index contributed by atoms with van der Waals surface area (Å²) in [6.45, 7) is 3.00. The van der Waals surface area contributed by atoms with Crippen molar-refractivity contribution in [3.05, 3.63) is 63.2 Å². The third kappa shape index (κ3) is 4.58. The predicted molar refractivity (Wildman–Crippen MR) is 94.2 cm³/mol. The number of aromatic hydroxyl groups is 1. The summed E-state index contributed by atoms with van der Waals surface area (Å²) in [7, 11) is 0. The fourth-order valence-corrected chi connectivity index (χ4v) is 2.10. The van der Waals surface area contributed by atoms with E-state index < -0.39 is 22.9 Å². The fourth-order valence-electron chi connectivity index (χ4n) is 2.10. The molecule has 9 nitrogen and oxygen atoms in total. The summed E-state index contributed by atoms with van der Waals surface area (Å²) in [4.78, 5) is 34.4. The molecular formula is C18H15N3O6. The van der Waals surface area contributed by atoms with Crippen molar-refractivity contribution >= 4 is 23.3 Å². The van der Waals surface area contributed by atoms with Crippen LogP contribution in [0.1, 0.15) is 28.4 Å². The molecule has 0 saturated carbocycles. The molecule has 2 N–H and O–H groups in total. The van der Waals surface area contributed by atoms with Gasteiger partial charge in [-0.15, -0.1) is 0 Å². The van der Waals surface area contributed by atoms with Crippen molar-refractivity contribution in [2.75, 3.05) is 5.32 Å². The van der Waals surface area contributed by atoms with Crippen molar-refractivity contribution in [3.63, 3.8) is 0 Å². The van der Waals surface area contributed by atoms with Crippen molar-refractivity contribution in [2.45, 2.75) is 20.0 Å². The number of anilines is 1. The number of rotatable bonds is 5. The highest BCUT2D eigenvalue weighted by Gasteiger charge is 2.21. The van der Waals surface area contributed by atoms with E-state index in [1.165, 1.54) is 31.2 Å². The molecule has 0 fully saturated rings. The number of carbonyl (C=O) groups is 2. The number of benzene rings is 2. The zero-order valence-corrected chi connectivity index (χ0v) is 14.4. The van der Waals surface area contributed by atoms with Crippen LogP contribution in [-0.2, 0) is 9.53 Å². The molecule has 1 amide bonds. The molecule has 0 aliphatic carbocycles. The van der Waals surface area contributed by atoms with Gasteiger partial charge >= 0.3 is 5.97 Å². The number of amides is 1. The first kappa shape index (κ1) is 19.4. The highest BCUT2D eigenvalue weighted by Crippen LogP contribution is 2.22. The van der Waals surface area contributed by atoms with Crippen LogP contribution in [0.2, 0.25) is 0 Å². The number of aryl methyl sites for hydroxylation is 1. The molecule has 0 aromatic heterocycles. The lowest BCUT2D eigenvalue weighted by atomic mass is 10.1. The van der Waals surface area contributed by atoms with Gasteiger partial charge in [-0.3, -0.25) is 14.9 Å². The zero-order valence-electron chi connectivity index (χ0n) is 14.4. The van der Waals surface area contributed by atoms with E-state index in [4.69, 9.17) is 10.00 Å². The highest BCUT2D eigenvalue weighted by molar-refractivity contribution is 5.98. The van der Waals surface area contributed by atoms with E-state index in [1.807, 2.05) is 0 Å². The number of hydrogen-bond acceptors (Lipinski definition) is 7. The largest absolute Gasteiger partial charge is 0.508 e. The molecule has 0 aliphatic heterocycles. The van der Waals surface area contributed by atoms with Gasteiger partial charge in [-0.1, -0.05) is 6.07 Å². The maximum Gasteiger partial charge on any atom is 0.339 e. The third-order valence-electron chi connectivity index (χ3n) is 3.69. The summed E-state index contributed by atoms with van der Waals surface area (Å²) in [6, 6.07) is 9.37. The van der Waals surface area contributed by atoms with E-state index in [1.54, 1.807) is 13.0 Å². The molecule has 2 aromatic rings. The first-order valence-electron chi connectivity index (χ1n) is 7.73. The summed E-state index contributed by atoms with van der Waals surface area (Å²) in [5, 5.41) is 31.9. The molecule has 2 aromatic carbocycles. The lowest BCUT2D eigenvalue weighted by Gasteiger charge is -2.14. The molecule has 138 valence electrons. The number of nitro groups is 1. The molecule has 0 aliphatic rings. The lowest BCUT2D eigenvalue weighted by Crippen LogP contribution is -2.30. The Kier molecular flexibility index (Phi) is 5.72. The Morgan fingerprint density at radius 3 is 2.59 bits per heavy atom. The molecule has 0 bridgehead atoms. The number of ether oxygens (including phenoxy) is 1. The van der Waals surface area contributed by atoms with Gasteiger partial charge < -0.3 is 15.2 Å². The van der Waals surface area contributed by atoms with Crippen LogP contribution in [0.5, 0.6) is 5.75 Å². The summed E-state index contributed by atoms with van der Waals surface area (Å²) in [6.07, 6.45) is -1.21.